The molecule has 1 amide bonds. The number of carbonyl (C=O) groups is 1. The lowest BCUT2D eigenvalue weighted by Gasteiger charge is -2.28. The molecule has 4 rings (SSSR count). The standard InChI is InChI=1S/C24H22F3N5O2/c1-23(2,3)34-22(33)31(15-16-8-7-11-28-13-16)20-12-19(17-9-5-4-6-10-17)30-21-18(24(25,26)27)14-29-32(20)21/h4-14H,15H2,1-3H3. The zero-order valence-electron chi connectivity index (χ0n) is 18.7. The summed E-state index contributed by atoms with van der Waals surface area (Å²) in [7, 11) is 0. The highest BCUT2D eigenvalue weighted by Crippen LogP contribution is 2.35. The van der Waals surface area contributed by atoms with E-state index < -0.39 is 29.1 Å². The van der Waals surface area contributed by atoms with Crippen LogP contribution in [0.2, 0.25) is 0 Å². The minimum absolute atomic E-state index is 0.00267. The average molecular weight is 469 g/mol. The monoisotopic (exact) mass is 469 g/mol. The largest absolute Gasteiger partial charge is 0.443 e. The molecule has 10 heteroatoms. The van der Waals surface area contributed by atoms with Gasteiger partial charge in [0.25, 0.3) is 0 Å². The van der Waals surface area contributed by atoms with Gasteiger partial charge in [-0.15, -0.1) is 0 Å². The molecule has 0 spiro atoms. The molecule has 0 aliphatic heterocycles. The number of rotatable bonds is 4. The molecule has 0 bridgehead atoms. The predicted octanol–water partition coefficient (Wildman–Crippen LogP) is 5.75. The molecule has 0 atom stereocenters. The Hall–Kier alpha value is -3.95. The fourth-order valence-electron chi connectivity index (χ4n) is 3.33. The SMILES string of the molecule is CC(C)(C)OC(=O)N(Cc1cccnc1)c1cc(-c2ccccc2)nc2c(C(F)(F)F)cnn12. The Balaban J connectivity index is 1.95. The fourth-order valence-corrected chi connectivity index (χ4v) is 3.33. The summed E-state index contributed by atoms with van der Waals surface area (Å²) in [5, 5.41) is 3.93. The Kier molecular flexibility index (Phi) is 5.99. The summed E-state index contributed by atoms with van der Waals surface area (Å²) in [6, 6.07) is 13.7. The van der Waals surface area contributed by atoms with Crippen molar-refractivity contribution in [1.29, 1.82) is 0 Å². The van der Waals surface area contributed by atoms with Crippen LogP contribution in [0.4, 0.5) is 23.8 Å². The molecule has 0 N–H and O–H groups in total. The van der Waals surface area contributed by atoms with Crippen LogP contribution in [0.1, 0.15) is 31.9 Å². The summed E-state index contributed by atoms with van der Waals surface area (Å²) >= 11 is 0. The van der Waals surface area contributed by atoms with Crippen molar-refractivity contribution < 1.29 is 22.7 Å². The van der Waals surface area contributed by atoms with Crippen LogP contribution in [-0.2, 0) is 17.5 Å². The molecule has 34 heavy (non-hydrogen) atoms. The second kappa shape index (κ2) is 8.77. The van der Waals surface area contributed by atoms with Crippen molar-refractivity contribution >= 4 is 17.6 Å². The van der Waals surface area contributed by atoms with E-state index >= 15 is 0 Å². The molecule has 176 valence electrons. The van der Waals surface area contributed by atoms with Crippen LogP contribution in [0.15, 0.2) is 67.1 Å². The van der Waals surface area contributed by atoms with Gasteiger partial charge in [0.2, 0.25) is 0 Å². The zero-order valence-corrected chi connectivity index (χ0v) is 18.7. The summed E-state index contributed by atoms with van der Waals surface area (Å²) in [5.41, 5.74) is -0.747. The van der Waals surface area contributed by atoms with Gasteiger partial charge in [0.1, 0.15) is 17.0 Å². The van der Waals surface area contributed by atoms with E-state index in [4.69, 9.17) is 4.74 Å². The number of hydrogen-bond donors (Lipinski definition) is 0. The second-order valence-electron chi connectivity index (χ2n) is 8.58. The Bertz CT molecular complexity index is 1300. The van der Waals surface area contributed by atoms with Crippen molar-refractivity contribution in [3.8, 4) is 11.3 Å². The van der Waals surface area contributed by atoms with E-state index in [2.05, 4.69) is 15.1 Å². The zero-order chi connectivity index (χ0) is 24.5. The first-order valence-electron chi connectivity index (χ1n) is 10.4. The number of ether oxygens (including phenoxy) is 1. The maximum atomic E-state index is 13.7. The van der Waals surface area contributed by atoms with Crippen molar-refractivity contribution in [2.45, 2.75) is 39.1 Å². The first-order valence-corrected chi connectivity index (χ1v) is 10.4. The third-order valence-electron chi connectivity index (χ3n) is 4.78. The number of benzene rings is 1. The number of aromatic nitrogens is 4. The van der Waals surface area contributed by atoms with E-state index in [1.807, 2.05) is 0 Å². The summed E-state index contributed by atoms with van der Waals surface area (Å²) in [5.74, 6) is 0.0810. The van der Waals surface area contributed by atoms with Crippen LogP contribution in [0, 0.1) is 0 Å². The Labute approximate surface area is 193 Å². The molecular weight excluding hydrogens is 447 g/mol. The van der Waals surface area contributed by atoms with Crippen LogP contribution >= 0.6 is 0 Å². The summed E-state index contributed by atoms with van der Waals surface area (Å²) in [4.78, 5) is 22.8. The van der Waals surface area contributed by atoms with Gasteiger partial charge in [-0.2, -0.15) is 22.8 Å². The highest BCUT2D eigenvalue weighted by molar-refractivity contribution is 5.88. The van der Waals surface area contributed by atoms with Gasteiger partial charge in [-0.25, -0.2) is 9.78 Å². The Morgan fingerprint density at radius 3 is 2.41 bits per heavy atom. The van der Waals surface area contributed by atoms with Gasteiger partial charge in [0.05, 0.1) is 18.4 Å². The first-order chi connectivity index (χ1) is 16.0. The lowest BCUT2D eigenvalue weighted by atomic mass is 10.1. The normalized spacial score (nSPS) is 12.1. The summed E-state index contributed by atoms with van der Waals surface area (Å²) < 4.78 is 47.8. The van der Waals surface area contributed by atoms with E-state index in [0.717, 1.165) is 4.52 Å². The second-order valence-corrected chi connectivity index (χ2v) is 8.58. The van der Waals surface area contributed by atoms with Gasteiger partial charge in [-0.1, -0.05) is 36.4 Å². The van der Waals surface area contributed by atoms with E-state index in [9.17, 15) is 18.0 Å². The van der Waals surface area contributed by atoms with Crippen LogP contribution in [0.25, 0.3) is 16.9 Å². The highest BCUT2D eigenvalue weighted by atomic mass is 19.4. The van der Waals surface area contributed by atoms with Crippen molar-refractivity contribution in [2.75, 3.05) is 4.90 Å². The topological polar surface area (TPSA) is 72.6 Å². The van der Waals surface area contributed by atoms with Crippen molar-refractivity contribution in [3.63, 3.8) is 0 Å². The van der Waals surface area contributed by atoms with Gasteiger partial charge >= 0.3 is 12.3 Å². The molecule has 3 heterocycles. The summed E-state index contributed by atoms with van der Waals surface area (Å²) in [6.45, 7) is 5.12. The van der Waals surface area contributed by atoms with Gasteiger partial charge in [0.15, 0.2) is 5.65 Å². The number of pyridine rings is 1. The lowest BCUT2D eigenvalue weighted by Crippen LogP contribution is -2.37. The Morgan fingerprint density at radius 2 is 1.79 bits per heavy atom. The minimum Gasteiger partial charge on any atom is -0.443 e. The lowest BCUT2D eigenvalue weighted by molar-refractivity contribution is -0.136. The van der Waals surface area contributed by atoms with Crippen LogP contribution in [-0.4, -0.2) is 31.3 Å². The van der Waals surface area contributed by atoms with E-state index in [1.165, 1.54) is 11.0 Å². The van der Waals surface area contributed by atoms with Crippen LogP contribution in [0.5, 0.6) is 0 Å². The third-order valence-corrected chi connectivity index (χ3v) is 4.78. The third kappa shape index (κ3) is 5.00. The quantitative estimate of drug-likeness (QED) is 0.380. The average Bonchev–Trinajstić information content (AvgIpc) is 3.22. The van der Waals surface area contributed by atoms with Crippen molar-refractivity contribution in [3.05, 3.63) is 78.2 Å². The molecule has 4 aromatic rings. The highest BCUT2D eigenvalue weighted by Gasteiger charge is 2.37. The number of carbonyl (C=O) groups excluding carboxylic acids is 1. The van der Waals surface area contributed by atoms with E-state index in [1.54, 1.807) is 75.6 Å². The molecule has 3 aromatic heterocycles. The maximum absolute atomic E-state index is 13.7. The number of anilines is 1. The van der Waals surface area contributed by atoms with Gasteiger partial charge in [0, 0.05) is 24.0 Å². The van der Waals surface area contributed by atoms with Crippen molar-refractivity contribution in [1.82, 2.24) is 19.6 Å². The number of hydrogen-bond acceptors (Lipinski definition) is 5. The molecule has 0 saturated carbocycles. The first kappa shape index (κ1) is 23.2. The number of fused-ring (bicyclic) bond motifs is 1. The molecule has 0 radical (unpaired) electrons. The van der Waals surface area contributed by atoms with Crippen molar-refractivity contribution in [2.24, 2.45) is 0 Å². The minimum atomic E-state index is -4.68. The van der Waals surface area contributed by atoms with E-state index in [0.29, 0.717) is 17.3 Å². The van der Waals surface area contributed by atoms with Crippen LogP contribution < -0.4 is 4.90 Å². The molecule has 0 saturated heterocycles. The number of amides is 1. The smallest absolute Gasteiger partial charge is 0.421 e. The molecular formula is C24H22F3N5O2. The fraction of sp³-hybridized carbons (Fsp3) is 0.250. The number of nitrogens with zero attached hydrogens (tertiary/aromatic N) is 5. The summed E-state index contributed by atoms with van der Waals surface area (Å²) in [6.07, 6.45) is -1.56. The molecule has 0 fully saturated rings. The van der Waals surface area contributed by atoms with Crippen LogP contribution in [0.3, 0.4) is 0 Å². The maximum Gasteiger partial charge on any atom is 0.421 e. The van der Waals surface area contributed by atoms with Gasteiger partial charge in [-0.05, 0) is 32.4 Å². The number of alkyl halides is 3. The van der Waals surface area contributed by atoms with Gasteiger partial charge < -0.3 is 4.74 Å². The molecule has 0 aliphatic carbocycles. The molecule has 0 unspecified atom stereocenters. The number of halogens is 3. The predicted molar refractivity (Wildman–Crippen MR) is 120 cm³/mol. The molecule has 7 nitrogen and oxygen atoms in total. The van der Waals surface area contributed by atoms with E-state index in [-0.39, 0.29) is 18.1 Å². The van der Waals surface area contributed by atoms with Gasteiger partial charge in [-0.3, -0.25) is 9.88 Å². The Morgan fingerprint density at radius 1 is 1.06 bits per heavy atom. The molecule has 0 aliphatic rings. The molecule has 1 aromatic carbocycles.